The van der Waals surface area contributed by atoms with Crippen LogP contribution in [0.15, 0.2) is 18.2 Å². The van der Waals surface area contributed by atoms with E-state index in [-0.39, 0.29) is 17.1 Å². The lowest BCUT2D eigenvalue weighted by molar-refractivity contribution is -0.384. The van der Waals surface area contributed by atoms with Gasteiger partial charge < -0.3 is 10.3 Å². The highest BCUT2D eigenvalue weighted by molar-refractivity contribution is 7.90. The molecule has 1 aromatic rings. The Morgan fingerprint density at radius 1 is 1.45 bits per heavy atom. The van der Waals surface area contributed by atoms with Crippen molar-refractivity contribution in [2.45, 2.75) is 6.54 Å². The maximum absolute atomic E-state index is 11.1. The number of rotatable bonds is 7. The number of anilines is 1. The molecular weight excluding hydrogens is 284 g/mol. The second kappa shape index (κ2) is 6.64. The molecule has 0 saturated heterocycles. The number of hydrogen-bond donors (Lipinski definition) is 2. The molecule has 0 radical (unpaired) electrons. The van der Waals surface area contributed by atoms with E-state index >= 15 is 0 Å². The highest BCUT2D eigenvalue weighted by Gasteiger charge is 2.17. The first-order chi connectivity index (χ1) is 9.24. The molecule has 20 heavy (non-hydrogen) atoms. The third-order valence-corrected chi connectivity index (χ3v) is 3.68. The van der Waals surface area contributed by atoms with E-state index in [1.165, 1.54) is 12.3 Å². The fraction of sp³-hybridized carbons (Fsp3) is 0.455. The number of benzene rings is 1. The van der Waals surface area contributed by atoms with Crippen LogP contribution in [0.25, 0.3) is 0 Å². The van der Waals surface area contributed by atoms with Crippen LogP contribution in [-0.4, -0.2) is 43.8 Å². The van der Waals surface area contributed by atoms with Crippen LogP contribution in [-0.2, 0) is 16.4 Å². The number of nitrogens with two attached hydrogens (primary N) is 1. The summed E-state index contributed by atoms with van der Waals surface area (Å²) in [5.41, 5.74) is 3.10. The Labute approximate surface area is 117 Å². The van der Waals surface area contributed by atoms with Gasteiger partial charge in [0.2, 0.25) is 0 Å². The van der Waals surface area contributed by atoms with Crippen LogP contribution in [0, 0.1) is 10.1 Å². The SMILES string of the molecule is CN(CCS(C)(=O)=O)Cc1cccc([N+](=O)[O-])c1NN. The molecule has 3 N–H and O–H groups in total. The predicted octanol–water partition coefficient (Wildman–Crippen LogP) is 0.357. The number of sulfone groups is 1. The minimum atomic E-state index is -3.04. The Bertz CT molecular complexity index is 588. The molecule has 9 heteroatoms. The molecule has 1 aromatic carbocycles. The first-order valence-electron chi connectivity index (χ1n) is 5.83. The lowest BCUT2D eigenvalue weighted by Crippen LogP contribution is -2.25. The third-order valence-electron chi connectivity index (χ3n) is 2.75. The molecule has 0 atom stereocenters. The highest BCUT2D eigenvalue weighted by Crippen LogP contribution is 2.27. The molecular formula is C11H18N4O4S. The van der Waals surface area contributed by atoms with Gasteiger partial charge in [0.05, 0.1) is 10.7 Å². The van der Waals surface area contributed by atoms with Crippen LogP contribution >= 0.6 is 0 Å². The van der Waals surface area contributed by atoms with Gasteiger partial charge in [-0.2, -0.15) is 0 Å². The van der Waals surface area contributed by atoms with Gasteiger partial charge in [-0.3, -0.25) is 16.0 Å². The number of nitrogen functional groups attached to an aromatic ring is 1. The molecule has 1 rings (SSSR count). The third kappa shape index (κ3) is 4.76. The zero-order valence-electron chi connectivity index (χ0n) is 11.4. The van der Waals surface area contributed by atoms with Crippen LogP contribution in [0.1, 0.15) is 5.56 Å². The van der Waals surface area contributed by atoms with E-state index in [1.54, 1.807) is 24.1 Å². The molecule has 0 aliphatic heterocycles. The van der Waals surface area contributed by atoms with E-state index < -0.39 is 14.8 Å². The summed E-state index contributed by atoms with van der Waals surface area (Å²) in [5.74, 6) is 5.37. The molecule has 0 unspecified atom stereocenters. The van der Waals surface area contributed by atoms with E-state index in [9.17, 15) is 18.5 Å². The Morgan fingerprint density at radius 2 is 2.10 bits per heavy atom. The van der Waals surface area contributed by atoms with Crippen molar-refractivity contribution in [1.29, 1.82) is 0 Å². The number of para-hydroxylation sites is 1. The zero-order chi connectivity index (χ0) is 15.3. The molecule has 0 spiro atoms. The summed E-state index contributed by atoms with van der Waals surface area (Å²) in [4.78, 5) is 12.1. The lowest BCUT2D eigenvalue weighted by Gasteiger charge is -2.18. The molecule has 0 aromatic heterocycles. The van der Waals surface area contributed by atoms with Gasteiger partial charge in [0.25, 0.3) is 5.69 Å². The number of nitro benzene ring substituents is 1. The van der Waals surface area contributed by atoms with Gasteiger partial charge in [-0.05, 0) is 12.6 Å². The summed E-state index contributed by atoms with van der Waals surface area (Å²) in [5, 5.41) is 10.9. The minimum Gasteiger partial charge on any atom is -0.318 e. The van der Waals surface area contributed by atoms with Gasteiger partial charge in [-0.25, -0.2) is 8.42 Å². The summed E-state index contributed by atoms with van der Waals surface area (Å²) < 4.78 is 22.2. The van der Waals surface area contributed by atoms with Gasteiger partial charge in [0.15, 0.2) is 0 Å². The number of hydrazine groups is 1. The van der Waals surface area contributed by atoms with Crippen molar-refractivity contribution in [1.82, 2.24) is 4.90 Å². The quantitative estimate of drug-likeness (QED) is 0.424. The molecule has 0 amide bonds. The Kier molecular flexibility index (Phi) is 5.43. The Balaban J connectivity index is 2.87. The Morgan fingerprint density at radius 3 is 2.60 bits per heavy atom. The van der Waals surface area contributed by atoms with Crippen molar-refractivity contribution in [2.24, 2.45) is 5.84 Å². The molecule has 112 valence electrons. The summed E-state index contributed by atoms with van der Waals surface area (Å²) in [7, 11) is -1.30. The van der Waals surface area contributed by atoms with Crippen LogP contribution < -0.4 is 11.3 Å². The number of hydrogen-bond acceptors (Lipinski definition) is 7. The van der Waals surface area contributed by atoms with E-state index in [1.807, 2.05) is 0 Å². The van der Waals surface area contributed by atoms with E-state index in [0.717, 1.165) is 0 Å². The monoisotopic (exact) mass is 302 g/mol. The van der Waals surface area contributed by atoms with E-state index in [4.69, 9.17) is 5.84 Å². The van der Waals surface area contributed by atoms with Gasteiger partial charge in [-0.15, -0.1) is 0 Å². The van der Waals surface area contributed by atoms with E-state index in [0.29, 0.717) is 18.7 Å². The van der Waals surface area contributed by atoms with Gasteiger partial charge in [-0.1, -0.05) is 12.1 Å². The molecule has 0 aliphatic rings. The minimum absolute atomic E-state index is 0.0316. The standard InChI is InChI=1S/C11H18N4O4S/c1-14(6-7-20(2,18)19)8-9-4-3-5-10(15(16)17)11(9)13-12/h3-5,13H,6-8,12H2,1-2H3. The summed E-state index contributed by atoms with van der Waals surface area (Å²) in [6.07, 6.45) is 1.17. The molecule has 0 heterocycles. The number of nitrogens with one attached hydrogen (secondary N) is 1. The van der Waals surface area contributed by atoms with Crippen LogP contribution in [0.2, 0.25) is 0 Å². The second-order valence-corrected chi connectivity index (χ2v) is 6.84. The van der Waals surface area contributed by atoms with Gasteiger partial charge in [0, 0.05) is 25.4 Å². The van der Waals surface area contributed by atoms with Gasteiger partial charge in [0.1, 0.15) is 15.5 Å². The highest BCUT2D eigenvalue weighted by atomic mass is 32.2. The van der Waals surface area contributed by atoms with Crippen molar-refractivity contribution in [3.8, 4) is 0 Å². The van der Waals surface area contributed by atoms with Crippen molar-refractivity contribution in [2.75, 3.05) is 31.0 Å². The maximum Gasteiger partial charge on any atom is 0.293 e. The normalized spacial score (nSPS) is 11.6. The molecule has 0 bridgehead atoms. The number of nitrogens with zero attached hydrogens (tertiary/aromatic N) is 2. The fourth-order valence-corrected chi connectivity index (χ4v) is 2.37. The summed E-state index contributed by atoms with van der Waals surface area (Å²) in [6.45, 7) is 0.697. The van der Waals surface area contributed by atoms with Crippen molar-refractivity contribution < 1.29 is 13.3 Å². The second-order valence-electron chi connectivity index (χ2n) is 4.58. The molecule has 0 aliphatic carbocycles. The average molecular weight is 302 g/mol. The first-order valence-corrected chi connectivity index (χ1v) is 7.90. The molecule has 0 fully saturated rings. The van der Waals surface area contributed by atoms with Gasteiger partial charge >= 0.3 is 0 Å². The van der Waals surface area contributed by atoms with Crippen LogP contribution in [0.3, 0.4) is 0 Å². The average Bonchev–Trinajstić information content (AvgIpc) is 2.35. The zero-order valence-corrected chi connectivity index (χ0v) is 12.2. The maximum atomic E-state index is 11.1. The van der Waals surface area contributed by atoms with Crippen molar-refractivity contribution >= 4 is 21.2 Å². The van der Waals surface area contributed by atoms with Crippen molar-refractivity contribution in [3.63, 3.8) is 0 Å². The van der Waals surface area contributed by atoms with Crippen LogP contribution in [0.5, 0.6) is 0 Å². The lowest BCUT2D eigenvalue weighted by atomic mass is 10.1. The first kappa shape index (κ1) is 16.3. The summed E-state index contributed by atoms with van der Waals surface area (Å²) >= 11 is 0. The number of nitro groups is 1. The van der Waals surface area contributed by atoms with Crippen LogP contribution in [0.4, 0.5) is 11.4 Å². The predicted molar refractivity (Wildman–Crippen MR) is 77.0 cm³/mol. The summed E-state index contributed by atoms with van der Waals surface area (Å²) in [6, 6.07) is 4.63. The fourth-order valence-electron chi connectivity index (χ4n) is 1.73. The topological polar surface area (TPSA) is 119 Å². The smallest absolute Gasteiger partial charge is 0.293 e. The molecule has 0 saturated carbocycles. The Hall–Kier alpha value is -1.71. The molecule has 8 nitrogen and oxygen atoms in total. The van der Waals surface area contributed by atoms with E-state index in [2.05, 4.69) is 5.43 Å². The van der Waals surface area contributed by atoms with Crippen molar-refractivity contribution in [3.05, 3.63) is 33.9 Å². The largest absolute Gasteiger partial charge is 0.318 e.